The van der Waals surface area contributed by atoms with Gasteiger partial charge in [0.15, 0.2) is 0 Å². The van der Waals surface area contributed by atoms with E-state index in [1.807, 2.05) is 24.3 Å². The lowest BCUT2D eigenvalue weighted by atomic mass is 9.90. The molecule has 0 radical (unpaired) electrons. The van der Waals surface area contributed by atoms with Crippen LogP contribution in [0.4, 0.5) is 21.0 Å². The van der Waals surface area contributed by atoms with Crippen LogP contribution in [0, 0.1) is 0 Å². The normalized spacial score (nSPS) is 19.6. The van der Waals surface area contributed by atoms with Crippen molar-refractivity contribution in [1.29, 1.82) is 0 Å². The van der Waals surface area contributed by atoms with Gasteiger partial charge in [0, 0.05) is 30.8 Å². The first-order valence-electron chi connectivity index (χ1n) is 15.2. The van der Waals surface area contributed by atoms with Crippen molar-refractivity contribution in [3.8, 4) is 11.5 Å². The molecule has 7 N–H and O–H groups in total. The Bertz CT molecular complexity index is 1670. The molecule has 0 aliphatic carbocycles. The zero-order valence-corrected chi connectivity index (χ0v) is 27.2. The van der Waals surface area contributed by atoms with Gasteiger partial charge in [-0.1, -0.05) is 48.5 Å². The van der Waals surface area contributed by atoms with Crippen molar-refractivity contribution in [1.82, 2.24) is 15.1 Å². The molecule has 1 aliphatic rings. The Morgan fingerprint density at radius 1 is 0.809 bits per heavy atom. The van der Waals surface area contributed by atoms with E-state index in [4.69, 9.17) is 20.9 Å². The van der Waals surface area contributed by atoms with Crippen molar-refractivity contribution in [3.05, 3.63) is 119 Å². The van der Waals surface area contributed by atoms with E-state index in [2.05, 4.69) is 14.6 Å². The topological polar surface area (TPSA) is 164 Å². The largest absolute Gasteiger partial charge is 0.497 e. The third-order valence-electron chi connectivity index (χ3n) is 8.19. The molecule has 246 valence electrons. The first kappa shape index (κ1) is 33.5. The maximum atomic E-state index is 14.8. The van der Waals surface area contributed by atoms with E-state index in [1.165, 1.54) is 0 Å². The predicted molar refractivity (Wildman–Crippen MR) is 184 cm³/mol. The van der Waals surface area contributed by atoms with Gasteiger partial charge in [-0.25, -0.2) is 9.59 Å². The molecule has 12 heteroatoms. The van der Waals surface area contributed by atoms with Gasteiger partial charge in [-0.15, -0.1) is 9.24 Å². The van der Waals surface area contributed by atoms with E-state index in [0.717, 1.165) is 16.7 Å². The number of hydrogen-bond donors (Lipinski definition) is 5. The van der Waals surface area contributed by atoms with Crippen LogP contribution in [0.1, 0.15) is 28.3 Å². The third-order valence-corrected chi connectivity index (χ3v) is 8.39. The second kappa shape index (κ2) is 15.2. The van der Waals surface area contributed by atoms with Crippen LogP contribution in [-0.4, -0.2) is 63.8 Å². The molecule has 47 heavy (non-hydrogen) atoms. The van der Waals surface area contributed by atoms with E-state index in [1.54, 1.807) is 89.7 Å². The molecule has 5 rings (SSSR count). The number of rotatable bonds is 10. The van der Waals surface area contributed by atoms with Crippen LogP contribution in [0.5, 0.6) is 11.5 Å². The number of nitrogen functional groups attached to an aromatic ring is 2. The Morgan fingerprint density at radius 3 is 1.94 bits per heavy atom. The minimum Gasteiger partial charge on any atom is -0.497 e. The zero-order chi connectivity index (χ0) is 33.5. The van der Waals surface area contributed by atoms with Gasteiger partial charge in [-0.2, -0.15) is 0 Å². The molecular weight excluding hydrogens is 617 g/mol. The monoisotopic (exact) mass is 657 g/mol. The SMILES string of the molecule is COc1ccc(C2[C@H](O)[C@@H](O)[C@@H](Cc3ccc(OC(=O)NCP)cc3)N(Cc3cccc(N)c3)C(=O)N2Cc2cccc(N)c2)cc1. The molecule has 2 unspecified atom stereocenters. The van der Waals surface area contributed by atoms with Crippen LogP contribution in [-0.2, 0) is 19.5 Å². The lowest BCUT2D eigenvalue weighted by Gasteiger charge is -2.36. The number of carbonyl (C=O) groups excluding carboxylic acids is 2. The maximum Gasteiger partial charge on any atom is 0.412 e. The molecular formula is C35H40N5O6P. The maximum absolute atomic E-state index is 14.8. The van der Waals surface area contributed by atoms with Gasteiger partial charge >= 0.3 is 12.1 Å². The van der Waals surface area contributed by atoms with Crippen LogP contribution in [0.3, 0.4) is 0 Å². The van der Waals surface area contributed by atoms with Gasteiger partial charge < -0.3 is 46.3 Å². The Labute approximate surface area is 276 Å². The first-order valence-corrected chi connectivity index (χ1v) is 16.0. The van der Waals surface area contributed by atoms with Gasteiger partial charge in [-0.3, -0.25) is 0 Å². The molecule has 1 aliphatic heterocycles. The van der Waals surface area contributed by atoms with Crippen LogP contribution in [0.15, 0.2) is 97.1 Å². The number of anilines is 2. The number of benzene rings is 4. The summed E-state index contributed by atoms with van der Waals surface area (Å²) in [6.45, 7) is 0.242. The summed E-state index contributed by atoms with van der Waals surface area (Å²) < 4.78 is 10.6. The summed E-state index contributed by atoms with van der Waals surface area (Å²) in [5.74, 6) is 0.956. The average molecular weight is 658 g/mol. The van der Waals surface area contributed by atoms with Crippen molar-refractivity contribution in [2.24, 2.45) is 0 Å². The van der Waals surface area contributed by atoms with Gasteiger partial charge in [0.2, 0.25) is 0 Å². The van der Waals surface area contributed by atoms with Crippen LogP contribution in [0.2, 0.25) is 0 Å². The van der Waals surface area contributed by atoms with Crippen LogP contribution < -0.4 is 26.3 Å². The number of ether oxygens (including phenoxy) is 2. The lowest BCUT2D eigenvalue weighted by Crippen LogP contribution is -2.50. The van der Waals surface area contributed by atoms with Crippen molar-refractivity contribution >= 4 is 32.7 Å². The third kappa shape index (κ3) is 8.13. The van der Waals surface area contributed by atoms with E-state index in [9.17, 15) is 19.8 Å². The molecule has 1 saturated heterocycles. The molecule has 5 atom stereocenters. The van der Waals surface area contributed by atoms with Gasteiger partial charge in [0.25, 0.3) is 0 Å². The second-order valence-corrected chi connectivity index (χ2v) is 11.8. The zero-order valence-electron chi connectivity index (χ0n) is 26.0. The summed E-state index contributed by atoms with van der Waals surface area (Å²) in [5.41, 5.74) is 16.2. The molecule has 11 nitrogen and oxygen atoms in total. The quantitative estimate of drug-likeness (QED) is 0.125. The van der Waals surface area contributed by atoms with Crippen molar-refractivity contribution in [3.63, 3.8) is 0 Å². The highest BCUT2D eigenvalue weighted by molar-refractivity contribution is 7.16. The highest BCUT2D eigenvalue weighted by Crippen LogP contribution is 2.37. The Balaban J connectivity index is 1.57. The minimum absolute atomic E-state index is 0.120. The summed E-state index contributed by atoms with van der Waals surface area (Å²) in [5, 5.41) is 26.5. The molecule has 4 aromatic rings. The van der Waals surface area contributed by atoms with Gasteiger partial charge in [-0.05, 0) is 77.2 Å². The number of amides is 3. The fourth-order valence-corrected chi connectivity index (χ4v) is 6.07. The fourth-order valence-electron chi connectivity index (χ4n) is 5.91. The number of nitrogens with two attached hydrogens (primary N) is 2. The highest BCUT2D eigenvalue weighted by atomic mass is 31.0. The minimum atomic E-state index is -1.37. The number of hydrogen-bond acceptors (Lipinski definition) is 8. The number of nitrogens with zero attached hydrogens (tertiary/aromatic N) is 2. The van der Waals surface area contributed by atoms with E-state index in [-0.39, 0.29) is 25.5 Å². The van der Waals surface area contributed by atoms with Crippen molar-refractivity contribution in [2.45, 2.75) is 43.8 Å². The first-order chi connectivity index (χ1) is 22.7. The Morgan fingerprint density at radius 2 is 1.38 bits per heavy atom. The van der Waals surface area contributed by atoms with E-state index < -0.39 is 30.4 Å². The number of urea groups is 1. The van der Waals surface area contributed by atoms with Gasteiger partial charge in [0.1, 0.15) is 23.7 Å². The molecule has 0 aromatic heterocycles. The van der Waals surface area contributed by atoms with Gasteiger partial charge in [0.05, 0.1) is 19.2 Å². The molecule has 3 amide bonds. The number of carbonyl (C=O) groups is 2. The molecule has 0 saturated carbocycles. The highest BCUT2D eigenvalue weighted by Gasteiger charge is 2.47. The number of aliphatic hydroxyl groups excluding tert-OH is 2. The molecule has 0 bridgehead atoms. The number of methoxy groups -OCH3 is 1. The number of nitrogens with one attached hydrogen (secondary N) is 1. The Hall–Kier alpha value is -4.83. The molecule has 1 fully saturated rings. The van der Waals surface area contributed by atoms with Crippen LogP contribution in [0.25, 0.3) is 0 Å². The lowest BCUT2D eigenvalue weighted by molar-refractivity contribution is -0.0418. The Kier molecular flexibility index (Phi) is 10.8. The summed E-state index contributed by atoms with van der Waals surface area (Å²) >= 11 is 0. The average Bonchev–Trinajstić information content (AvgIpc) is 3.12. The number of aliphatic hydroxyl groups is 2. The predicted octanol–water partition coefficient (Wildman–Crippen LogP) is 4.29. The van der Waals surface area contributed by atoms with Crippen molar-refractivity contribution < 1.29 is 29.3 Å². The molecule has 0 spiro atoms. The summed E-state index contributed by atoms with van der Waals surface area (Å²) in [7, 11) is 3.95. The summed E-state index contributed by atoms with van der Waals surface area (Å²) in [6.07, 6.45) is -2.77. The molecule has 1 heterocycles. The second-order valence-electron chi connectivity index (χ2n) is 11.4. The summed E-state index contributed by atoms with van der Waals surface area (Å²) in [6, 6.07) is 26.2. The summed E-state index contributed by atoms with van der Waals surface area (Å²) in [4.78, 5) is 29.9. The molecule has 4 aromatic carbocycles. The standard InChI is InChI=1S/C35H40N5O6P/c1-45-28-14-10-25(11-15-28)31-33(42)32(41)30(18-22-8-12-29(13-9-22)46-34(43)38-21-47)39(19-23-4-2-6-26(36)16-23)35(44)40(31)20-24-5-3-7-27(37)17-24/h2-17,30-33,41-42H,18-21,36-37,47H2,1H3,(H,38,43)/t30-,31?,32+,33+/m1/s1. The van der Waals surface area contributed by atoms with Crippen molar-refractivity contribution in [2.75, 3.05) is 24.9 Å². The fraction of sp³-hybridized carbons (Fsp3) is 0.257. The smallest absolute Gasteiger partial charge is 0.412 e. The van der Waals surface area contributed by atoms with Crippen LogP contribution >= 0.6 is 9.24 Å². The van der Waals surface area contributed by atoms with E-state index in [0.29, 0.717) is 34.7 Å². The van der Waals surface area contributed by atoms with E-state index >= 15 is 0 Å².